The van der Waals surface area contributed by atoms with Crippen LogP contribution in [0.3, 0.4) is 0 Å². The van der Waals surface area contributed by atoms with Crippen LogP contribution in [0.2, 0.25) is 0 Å². The van der Waals surface area contributed by atoms with Gasteiger partial charge in [-0.25, -0.2) is 0 Å². The van der Waals surface area contributed by atoms with Crippen LogP contribution in [0.15, 0.2) is 42.0 Å². The highest BCUT2D eigenvalue weighted by molar-refractivity contribution is 5.75. The van der Waals surface area contributed by atoms with Crippen molar-refractivity contribution < 1.29 is 0 Å². The maximum atomic E-state index is 3.49. The fourth-order valence-electron chi connectivity index (χ4n) is 2.49. The Morgan fingerprint density at radius 2 is 2.00 bits per heavy atom. The van der Waals surface area contributed by atoms with Crippen molar-refractivity contribution in [1.29, 1.82) is 0 Å². The average Bonchev–Trinajstić information content (AvgIpc) is 2.48. The SMILES string of the molecule is C1=CC2=C(CC1)c1ccccc1CNC2. The number of fused-ring (bicyclic) bond motifs is 2. The van der Waals surface area contributed by atoms with E-state index in [4.69, 9.17) is 0 Å². The molecule has 0 spiro atoms. The maximum Gasteiger partial charge on any atom is 0.0214 e. The molecule has 1 heteroatoms. The van der Waals surface area contributed by atoms with Crippen LogP contribution < -0.4 is 5.32 Å². The molecular formula is C14H15N. The van der Waals surface area contributed by atoms with Crippen LogP contribution in [-0.2, 0) is 6.54 Å². The summed E-state index contributed by atoms with van der Waals surface area (Å²) in [6, 6.07) is 8.77. The predicted molar refractivity (Wildman–Crippen MR) is 63.4 cm³/mol. The second kappa shape index (κ2) is 3.67. The van der Waals surface area contributed by atoms with Crippen molar-refractivity contribution in [2.24, 2.45) is 0 Å². The summed E-state index contributed by atoms with van der Waals surface area (Å²) in [4.78, 5) is 0. The van der Waals surface area contributed by atoms with Crippen molar-refractivity contribution in [3.8, 4) is 0 Å². The zero-order valence-electron chi connectivity index (χ0n) is 8.79. The van der Waals surface area contributed by atoms with Gasteiger partial charge in [0.05, 0.1) is 0 Å². The lowest BCUT2D eigenvalue weighted by Crippen LogP contribution is -2.14. The third-order valence-electron chi connectivity index (χ3n) is 3.24. The Morgan fingerprint density at radius 3 is 3.00 bits per heavy atom. The highest BCUT2D eigenvalue weighted by Gasteiger charge is 2.16. The van der Waals surface area contributed by atoms with Crippen molar-refractivity contribution in [3.63, 3.8) is 0 Å². The minimum Gasteiger partial charge on any atom is -0.309 e. The molecule has 0 radical (unpaired) electrons. The molecule has 0 atom stereocenters. The Morgan fingerprint density at radius 1 is 1.07 bits per heavy atom. The standard InChI is InChI=1S/C14H15N/c1-3-7-13-11(5-1)9-15-10-12-6-2-4-8-14(12)13/h1-3,5-7,15H,4,8-10H2. The molecule has 1 aromatic rings. The highest BCUT2D eigenvalue weighted by atomic mass is 14.9. The molecule has 1 aromatic carbocycles. The Balaban J connectivity index is 2.17. The molecule has 2 aliphatic rings. The van der Waals surface area contributed by atoms with Crippen molar-refractivity contribution in [1.82, 2.24) is 5.32 Å². The Hall–Kier alpha value is -1.34. The molecule has 1 nitrogen and oxygen atoms in total. The van der Waals surface area contributed by atoms with Crippen LogP contribution in [0.1, 0.15) is 24.0 Å². The van der Waals surface area contributed by atoms with Gasteiger partial charge in [0.2, 0.25) is 0 Å². The summed E-state index contributed by atoms with van der Waals surface area (Å²) >= 11 is 0. The second-order valence-corrected chi connectivity index (χ2v) is 4.21. The van der Waals surface area contributed by atoms with E-state index in [2.05, 4.69) is 41.7 Å². The van der Waals surface area contributed by atoms with Crippen LogP contribution in [0.4, 0.5) is 0 Å². The first-order chi connectivity index (χ1) is 7.45. The first-order valence-corrected chi connectivity index (χ1v) is 5.63. The number of hydrogen-bond donors (Lipinski definition) is 1. The van der Waals surface area contributed by atoms with E-state index in [-0.39, 0.29) is 0 Å². The molecule has 0 unspecified atom stereocenters. The molecular weight excluding hydrogens is 182 g/mol. The lowest BCUT2D eigenvalue weighted by atomic mass is 9.90. The van der Waals surface area contributed by atoms with E-state index in [1.807, 2.05) is 0 Å². The summed E-state index contributed by atoms with van der Waals surface area (Å²) in [7, 11) is 0. The van der Waals surface area contributed by atoms with Gasteiger partial charge in [0.1, 0.15) is 0 Å². The van der Waals surface area contributed by atoms with Gasteiger partial charge in [-0.2, -0.15) is 0 Å². The summed E-state index contributed by atoms with van der Waals surface area (Å²) in [5.41, 5.74) is 5.93. The van der Waals surface area contributed by atoms with Gasteiger partial charge in [0, 0.05) is 13.1 Å². The number of nitrogens with one attached hydrogen (secondary N) is 1. The van der Waals surface area contributed by atoms with Crippen LogP contribution in [-0.4, -0.2) is 6.54 Å². The number of benzene rings is 1. The maximum absolute atomic E-state index is 3.49. The summed E-state index contributed by atoms with van der Waals surface area (Å²) in [5, 5.41) is 3.49. The van der Waals surface area contributed by atoms with Crippen molar-refractivity contribution in [3.05, 3.63) is 53.1 Å². The number of rotatable bonds is 0. The van der Waals surface area contributed by atoms with Gasteiger partial charge in [-0.15, -0.1) is 0 Å². The van der Waals surface area contributed by atoms with E-state index in [0.717, 1.165) is 13.1 Å². The van der Waals surface area contributed by atoms with Crippen LogP contribution in [0.25, 0.3) is 5.57 Å². The predicted octanol–water partition coefficient (Wildman–Crippen LogP) is 2.89. The van der Waals surface area contributed by atoms with Gasteiger partial charge in [-0.1, -0.05) is 36.4 Å². The lowest BCUT2D eigenvalue weighted by Gasteiger charge is -2.15. The highest BCUT2D eigenvalue weighted by Crippen LogP contribution is 2.31. The molecule has 0 saturated heterocycles. The van der Waals surface area contributed by atoms with Gasteiger partial charge in [-0.05, 0) is 35.1 Å². The molecule has 0 amide bonds. The van der Waals surface area contributed by atoms with Gasteiger partial charge < -0.3 is 5.32 Å². The molecule has 76 valence electrons. The molecule has 3 rings (SSSR count). The van der Waals surface area contributed by atoms with Crippen molar-refractivity contribution >= 4 is 5.57 Å². The van der Waals surface area contributed by atoms with E-state index in [1.54, 1.807) is 5.57 Å². The van der Waals surface area contributed by atoms with E-state index in [9.17, 15) is 0 Å². The first kappa shape index (κ1) is 8.93. The minimum absolute atomic E-state index is 0.997. The van der Waals surface area contributed by atoms with Gasteiger partial charge in [-0.3, -0.25) is 0 Å². The van der Waals surface area contributed by atoms with Gasteiger partial charge in [0.15, 0.2) is 0 Å². The van der Waals surface area contributed by atoms with E-state index in [0.29, 0.717) is 0 Å². The fraction of sp³-hybridized carbons (Fsp3) is 0.286. The minimum atomic E-state index is 0.997. The zero-order chi connectivity index (χ0) is 10.1. The van der Waals surface area contributed by atoms with Crippen LogP contribution >= 0.6 is 0 Å². The number of hydrogen-bond acceptors (Lipinski definition) is 1. The van der Waals surface area contributed by atoms with Crippen LogP contribution in [0.5, 0.6) is 0 Å². The molecule has 1 heterocycles. The molecule has 1 aliphatic carbocycles. The Kier molecular flexibility index (Phi) is 2.18. The van der Waals surface area contributed by atoms with Gasteiger partial charge in [0.25, 0.3) is 0 Å². The third kappa shape index (κ3) is 1.53. The monoisotopic (exact) mass is 197 g/mol. The summed E-state index contributed by atoms with van der Waals surface area (Å²) in [6.07, 6.45) is 6.96. The molecule has 0 bridgehead atoms. The lowest BCUT2D eigenvalue weighted by molar-refractivity contribution is 0.753. The third-order valence-corrected chi connectivity index (χ3v) is 3.24. The first-order valence-electron chi connectivity index (χ1n) is 5.63. The van der Waals surface area contributed by atoms with Crippen molar-refractivity contribution in [2.45, 2.75) is 19.4 Å². The van der Waals surface area contributed by atoms with Crippen molar-refractivity contribution in [2.75, 3.05) is 6.54 Å². The smallest absolute Gasteiger partial charge is 0.0214 e. The second-order valence-electron chi connectivity index (χ2n) is 4.21. The summed E-state index contributed by atoms with van der Waals surface area (Å²) in [6.45, 7) is 2.01. The summed E-state index contributed by atoms with van der Waals surface area (Å²) in [5.74, 6) is 0. The molecule has 1 N–H and O–H groups in total. The Bertz CT molecular complexity index is 440. The quantitative estimate of drug-likeness (QED) is 0.674. The number of allylic oxidation sites excluding steroid dienone is 2. The molecule has 0 aromatic heterocycles. The molecule has 1 aliphatic heterocycles. The van der Waals surface area contributed by atoms with E-state index < -0.39 is 0 Å². The largest absolute Gasteiger partial charge is 0.309 e. The zero-order valence-corrected chi connectivity index (χ0v) is 8.79. The van der Waals surface area contributed by atoms with Crippen LogP contribution in [0, 0.1) is 0 Å². The normalized spacial score (nSPS) is 19.5. The Labute approximate surface area is 90.5 Å². The van der Waals surface area contributed by atoms with E-state index in [1.165, 1.54) is 29.5 Å². The van der Waals surface area contributed by atoms with Gasteiger partial charge >= 0.3 is 0 Å². The molecule has 15 heavy (non-hydrogen) atoms. The van der Waals surface area contributed by atoms with E-state index >= 15 is 0 Å². The summed E-state index contributed by atoms with van der Waals surface area (Å²) < 4.78 is 0. The molecule has 0 fully saturated rings. The fourth-order valence-corrected chi connectivity index (χ4v) is 2.49. The molecule has 0 saturated carbocycles. The average molecular weight is 197 g/mol. The topological polar surface area (TPSA) is 12.0 Å².